The summed E-state index contributed by atoms with van der Waals surface area (Å²) in [5, 5.41) is 0. The first-order chi connectivity index (χ1) is 8.26. The van der Waals surface area contributed by atoms with Gasteiger partial charge in [0.25, 0.3) is 5.91 Å². The molecular formula is C13H16ClNO2. The first-order valence-electron chi connectivity index (χ1n) is 5.87. The predicted octanol–water partition coefficient (Wildman–Crippen LogP) is 2.32. The summed E-state index contributed by atoms with van der Waals surface area (Å²) in [6, 6.07) is 5.63. The molecule has 1 aliphatic heterocycles. The maximum atomic E-state index is 12.2. The average molecular weight is 254 g/mol. The average Bonchev–Trinajstić information content (AvgIpc) is 2.82. The van der Waals surface area contributed by atoms with Crippen LogP contribution in [0.2, 0.25) is 0 Å². The Morgan fingerprint density at radius 2 is 2.35 bits per heavy atom. The molecule has 0 radical (unpaired) electrons. The van der Waals surface area contributed by atoms with E-state index in [-0.39, 0.29) is 5.91 Å². The van der Waals surface area contributed by atoms with E-state index in [1.165, 1.54) is 0 Å². The monoisotopic (exact) mass is 253 g/mol. The minimum absolute atomic E-state index is 0.0443. The van der Waals surface area contributed by atoms with Crippen LogP contribution < -0.4 is 4.74 Å². The normalized spacial score (nSPS) is 13.1. The molecule has 1 aromatic rings. The molecule has 1 amide bonds. The van der Waals surface area contributed by atoms with Crippen LogP contribution >= 0.6 is 11.6 Å². The third-order valence-electron chi connectivity index (χ3n) is 2.96. The van der Waals surface area contributed by atoms with Gasteiger partial charge in [0, 0.05) is 31.0 Å². The van der Waals surface area contributed by atoms with Crippen LogP contribution in [-0.4, -0.2) is 36.4 Å². The Bertz CT molecular complexity index is 420. The minimum Gasteiger partial charge on any atom is -0.493 e. The van der Waals surface area contributed by atoms with Crippen LogP contribution in [0.3, 0.4) is 0 Å². The fourth-order valence-electron chi connectivity index (χ4n) is 2.01. The molecule has 0 fully saturated rings. The van der Waals surface area contributed by atoms with Gasteiger partial charge in [-0.25, -0.2) is 0 Å². The van der Waals surface area contributed by atoms with E-state index in [4.69, 9.17) is 16.3 Å². The van der Waals surface area contributed by atoms with E-state index in [0.29, 0.717) is 25.6 Å². The molecule has 0 N–H and O–H groups in total. The highest BCUT2D eigenvalue weighted by atomic mass is 35.5. The zero-order chi connectivity index (χ0) is 12.3. The Labute approximate surface area is 106 Å². The van der Waals surface area contributed by atoms with Gasteiger partial charge in [-0.15, -0.1) is 11.6 Å². The van der Waals surface area contributed by atoms with Crippen molar-refractivity contribution in [2.75, 3.05) is 25.6 Å². The van der Waals surface area contributed by atoms with Gasteiger partial charge >= 0.3 is 0 Å². The van der Waals surface area contributed by atoms with Crippen LogP contribution in [0.15, 0.2) is 18.2 Å². The number of hydrogen-bond donors (Lipinski definition) is 0. The molecule has 0 atom stereocenters. The van der Waals surface area contributed by atoms with Crippen molar-refractivity contribution in [1.29, 1.82) is 0 Å². The molecule has 3 nitrogen and oxygen atoms in total. The maximum absolute atomic E-state index is 12.2. The molecule has 0 aliphatic carbocycles. The molecule has 92 valence electrons. The van der Waals surface area contributed by atoms with E-state index in [1.54, 1.807) is 4.90 Å². The molecule has 1 aliphatic rings. The number of amides is 1. The van der Waals surface area contributed by atoms with E-state index in [2.05, 4.69) is 0 Å². The molecule has 0 saturated heterocycles. The molecule has 1 heterocycles. The Balaban J connectivity index is 2.19. The van der Waals surface area contributed by atoms with Crippen molar-refractivity contribution >= 4 is 17.5 Å². The van der Waals surface area contributed by atoms with E-state index in [9.17, 15) is 4.79 Å². The van der Waals surface area contributed by atoms with Gasteiger partial charge in [-0.3, -0.25) is 4.79 Å². The Morgan fingerprint density at radius 1 is 1.53 bits per heavy atom. The number of ether oxygens (including phenoxy) is 1. The summed E-state index contributed by atoms with van der Waals surface area (Å²) in [5.74, 6) is 1.41. The van der Waals surface area contributed by atoms with Crippen molar-refractivity contribution in [1.82, 2.24) is 4.90 Å². The fraction of sp³-hybridized carbons (Fsp3) is 0.462. The van der Waals surface area contributed by atoms with E-state index in [0.717, 1.165) is 23.3 Å². The number of halogens is 1. The first kappa shape index (κ1) is 12.2. The summed E-state index contributed by atoms with van der Waals surface area (Å²) in [6.07, 6.45) is 0.887. The Kier molecular flexibility index (Phi) is 3.89. The Hall–Kier alpha value is -1.22. The van der Waals surface area contributed by atoms with Crippen molar-refractivity contribution in [2.24, 2.45) is 0 Å². The lowest BCUT2D eigenvalue weighted by molar-refractivity contribution is 0.0774. The van der Waals surface area contributed by atoms with Crippen molar-refractivity contribution in [3.63, 3.8) is 0 Å². The standard InChI is InChI=1S/C13H16ClNO2/c1-2-15(7-6-14)13(16)11-3-4-12-10(9-11)5-8-17-12/h3-4,9H,2,5-8H2,1H3. The van der Waals surface area contributed by atoms with Gasteiger partial charge < -0.3 is 9.64 Å². The summed E-state index contributed by atoms with van der Waals surface area (Å²) in [7, 11) is 0. The van der Waals surface area contributed by atoms with E-state index in [1.807, 2.05) is 25.1 Å². The van der Waals surface area contributed by atoms with Crippen LogP contribution in [-0.2, 0) is 6.42 Å². The van der Waals surface area contributed by atoms with Gasteiger partial charge in [0.15, 0.2) is 0 Å². The predicted molar refractivity (Wildman–Crippen MR) is 67.9 cm³/mol. The van der Waals surface area contributed by atoms with E-state index < -0.39 is 0 Å². The highest BCUT2D eigenvalue weighted by molar-refractivity contribution is 6.18. The van der Waals surface area contributed by atoms with Crippen molar-refractivity contribution < 1.29 is 9.53 Å². The SMILES string of the molecule is CCN(CCCl)C(=O)c1ccc2c(c1)CCO2. The number of carbonyl (C=O) groups is 1. The third kappa shape index (κ3) is 2.55. The minimum atomic E-state index is 0.0443. The van der Waals surface area contributed by atoms with Crippen LogP contribution in [0.5, 0.6) is 5.75 Å². The molecule has 4 heteroatoms. The third-order valence-corrected chi connectivity index (χ3v) is 3.13. The van der Waals surface area contributed by atoms with Gasteiger partial charge in [-0.2, -0.15) is 0 Å². The smallest absolute Gasteiger partial charge is 0.253 e. The van der Waals surface area contributed by atoms with Crippen LogP contribution in [0.4, 0.5) is 0 Å². The van der Waals surface area contributed by atoms with Crippen molar-refractivity contribution in [2.45, 2.75) is 13.3 Å². The molecule has 1 aromatic carbocycles. The fourth-order valence-corrected chi connectivity index (χ4v) is 2.21. The van der Waals surface area contributed by atoms with Gasteiger partial charge in [-0.1, -0.05) is 0 Å². The highest BCUT2D eigenvalue weighted by Crippen LogP contribution is 2.26. The summed E-state index contributed by atoms with van der Waals surface area (Å²) >= 11 is 5.69. The second-order valence-corrected chi connectivity index (χ2v) is 4.37. The van der Waals surface area contributed by atoms with Crippen molar-refractivity contribution in [3.05, 3.63) is 29.3 Å². The van der Waals surface area contributed by atoms with Gasteiger partial charge in [0.2, 0.25) is 0 Å². The van der Waals surface area contributed by atoms with Crippen LogP contribution in [0.1, 0.15) is 22.8 Å². The molecule has 0 aromatic heterocycles. The maximum Gasteiger partial charge on any atom is 0.253 e. The number of rotatable bonds is 4. The lowest BCUT2D eigenvalue weighted by atomic mass is 10.1. The molecular weight excluding hydrogens is 238 g/mol. The van der Waals surface area contributed by atoms with Crippen LogP contribution in [0.25, 0.3) is 0 Å². The number of carbonyl (C=O) groups excluding carboxylic acids is 1. The van der Waals surface area contributed by atoms with Gasteiger partial charge in [-0.05, 0) is 30.7 Å². The quantitative estimate of drug-likeness (QED) is 0.771. The number of benzene rings is 1. The molecule has 0 bridgehead atoms. The number of nitrogens with zero attached hydrogens (tertiary/aromatic N) is 1. The molecule has 0 saturated carbocycles. The van der Waals surface area contributed by atoms with E-state index >= 15 is 0 Å². The Morgan fingerprint density at radius 3 is 3.06 bits per heavy atom. The van der Waals surface area contributed by atoms with Gasteiger partial charge in [0.1, 0.15) is 5.75 Å². The summed E-state index contributed by atoms with van der Waals surface area (Å²) in [4.78, 5) is 13.9. The summed E-state index contributed by atoms with van der Waals surface area (Å²) < 4.78 is 5.42. The molecule has 0 spiro atoms. The number of fused-ring (bicyclic) bond motifs is 1. The van der Waals surface area contributed by atoms with Crippen LogP contribution in [0, 0.1) is 0 Å². The zero-order valence-corrected chi connectivity index (χ0v) is 10.7. The lowest BCUT2D eigenvalue weighted by Crippen LogP contribution is -2.32. The number of hydrogen-bond acceptors (Lipinski definition) is 2. The highest BCUT2D eigenvalue weighted by Gasteiger charge is 2.18. The second kappa shape index (κ2) is 5.41. The summed E-state index contributed by atoms with van der Waals surface area (Å²) in [6.45, 7) is 3.94. The van der Waals surface area contributed by atoms with Gasteiger partial charge in [0.05, 0.1) is 6.61 Å². The molecule has 17 heavy (non-hydrogen) atoms. The largest absolute Gasteiger partial charge is 0.493 e. The molecule has 0 unspecified atom stereocenters. The molecule has 2 rings (SSSR count). The first-order valence-corrected chi connectivity index (χ1v) is 6.40. The number of alkyl halides is 1. The lowest BCUT2D eigenvalue weighted by Gasteiger charge is -2.19. The second-order valence-electron chi connectivity index (χ2n) is 3.99. The topological polar surface area (TPSA) is 29.5 Å². The summed E-state index contributed by atoms with van der Waals surface area (Å²) in [5.41, 5.74) is 1.85. The zero-order valence-electron chi connectivity index (χ0n) is 9.91. The van der Waals surface area contributed by atoms with Crippen molar-refractivity contribution in [3.8, 4) is 5.75 Å².